The van der Waals surface area contributed by atoms with Crippen LogP contribution in [0.25, 0.3) is 0 Å². The van der Waals surface area contributed by atoms with Gasteiger partial charge in [0.1, 0.15) is 5.75 Å². The van der Waals surface area contributed by atoms with Gasteiger partial charge in [-0.3, -0.25) is 10.1 Å². The van der Waals surface area contributed by atoms with Gasteiger partial charge in [0.25, 0.3) is 0 Å². The van der Waals surface area contributed by atoms with Gasteiger partial charge in [0.05, 0.1) is 18.1 Å². The number of aryl methyl sites for hydroxylation is 1. The number of nitro groups is 1. The number of nitrogens with zero attached hydrogens (tertiary/aromatic N) is 1. The van der Waals surface area contributed by atoms with Crippen molar-refractivity contribution in [3.8, 4) is 11.5 Å². The fourth-order valence-electron chi connectivity index (χ4n) is 1.84. The molecule has 0 heterocycles. The van der Waals surface area contributed by atoms with Crippen molar-refractivity contribution < 1.29 is 14.4 Å². The summed E-state index contributed by atoms with van der Waals surface area (Å²) in [6.07, 6.45) is 0.653. The molecule has 21 heavy (non-hydrogen) atoms. The number of para-hydroxylation sites is 1. The van der Waals surface area contributed by atoms with Crippen molar-refractivity contribution in [3.63, 3.8) is 0 Å². The van der Waals surface area contributed by atoms with Crippen LogP contribution in [0, 0.1) is 17.0 Å². The third-order valence-corrected chi connectivity index (χ3v) is 2.87. The predicted molar refractivity (Wildman–Crippen MR) is 79.9 cm³/mol. The average Bonchev–Trinajstić information content (AvgIpc) is 2.48. The summed E-state index contributed by atoms with van der Waals surface area (Å²) in [5.74, 6) is 1.11. The first-order valence-electron chi connectivity index (χ1n) is 6.72. The third-order valence-electron chi connectivity index (χ3n) is 2.87. The largest absolute Gasteiger partial charge is 0.493 e. The number of hydrogen-bond donors (Lipinski definition) is 0. The zero-order chi connectivity index (χ0) is 15.1. The van der Waals surface area contributed by atoms with E-state index in [4.69, 9.17) is 9.47 Å². The molecule has 0 atom stereocenters. The second kappa shape index (κ2) is 7.28. The Bertz CT molecular complexity index is 598. The van der Waals surface area contributed by atoms with Crippen molar-refractivity contribution in [2.75, 3.05) is 13.2 Å². The van der Waals surface area contributed by atoms with E-state index >= 15 is 0 Å². The van der Waals surface area contributed by atoms with Gasteiger partial charge in [-0.2, -0.15) is 0 Å². The van der Waals surface area contributed by atoms with E-state index in [1.165, 1.54) is 6.07 Å². The lowest BCUT2D eigenvalue weighted by molar-refractivity contribution is -0.385. The second-order valence-corrected chi connectivity index (χ2v) is 4.59. The molecule has 0 fully saturated rings. The van der Waals surface area contributed by atoms with Crippen molar-refractivity contribution >= 4 is 5.69 Å². The van der Waals surface area contributed by atoms with Gasteiger partial charge in [-0.15, -0.1) is 0 Å². The Kier molecular flexibility index (Phi) is 5.15. The lowest BCUT2D eigenvalue weighted by atomic mass is 10.2. The minimum Gasteiger partial charge on any atom is -0.493 e. The maximum atomic E-state index is 10.9. The highest BCUT2D eigenvalue weighted by molar-refractivity contribution is 5.48. The fourth-order valence-corrected chi connectivity index (χ4v) is 1.84. The first kappa shape index (κ1) is 14.8. The Morgan fingerprint density at radius 1 is 1.05 bits per heavy atom. The van der Waals surface area contributed by atoms with Crippen LogP contribution in [0.1, 0.15) is 12.0 Å². The van der Waals surface area contributed by atoms with Crippen molar-refractivity contribution in [2.24, 2.45) is 0 Å². The first-order chi connectivity index (χ1) is 10.2. The Hall–Kier alpha value is -2.56. The second-order valence-electron chi connectivity index (χ2n) is 4.59. The topological polar surface area (TPSA) is 61.6 Å². The molecule has 0 amide bonds. The monoisotopic (exact) mass is 287 g/mol. The highest BCUT2D eigenvalue weighted by atomic mass is 16.6. The first-order valence-corrected chi connectivity index (χ1v) is 6.72. The zero-order valence-electron chi connectivity index (χ0n) is 11.8. The van der Waals surface area contributed by atoms with E-state index in [-0.39, 0.29) is 5.69 Å². The van der Waals surface area contributed by atoms with Gasteiger partial charge in [-0.05, 0) is 30.7 Å². The summed E-state index contributed by atoms with van der Waals surface area (Å²) >= 11 is 0. The van der Waals surface area contributed by atoms with E-state index < -0.39 is 4.92 Å². The predicted octanol–water partition coefficient (Wildman–Crippen LogP) is 3.75. The van der Waals surface area contributed by atoms with Crippen LogP contribution < -0.4 is 9.47 Å². The summed E-state index contributed by atoms with van der Waals surface area (Å²) in [5.41, 5.74) is 0.917. The van der Waals surface area contributed by atoms with Crippen molar-refractivity contribution in [2.45, 2.75) is 13.3 Å². The Morgan fingerprint density at radius 3 is 2.48 bits per heavy atom. The summed E-state index contributed by atoms with van der Waals surface area (Å²) in [4.78, 5) is 10.5. The molecule has 2 rings (SSSR count). The van der Waals surface area contributed by atoms with Gasteiger partial charge in [-0.25, -0.2) is 0 Å². The normalized spacial score (nSPS) is 10.1. The molecule has 0 N–H and O–H groups in total. The average molecular weight is 287 g/mol. The molecule has 0 bridgehead atoms. The SMILES string of the molecule is Cc1ccc([N+](=O)[O-])c(OCCCOc2ccccc2)c1. The molecular weight excluding hydrogens is 270 g/mol. The number of rotatable bonds is 7. The summed E-state index contributed by atoms with van der Waals surface area (Å²) in [6.45, 7) is 2.75. The molecule has 0 unspecified atom stereocenters. The molecule has 0 radical (unpaired) electrons. The number of nitro benzene ring substituents is 1. The Labute approximate surface area is 123 Å². The van der Waals surface area contributed by atoms with Gasteiger partial charge < -0.3 is 9.47 Å². The van der Waals surface area contributed by atoms with Gasteiger partial charge in [0, 0.05) is 12.5 Å². The van der Waals surface area contributed by atoms with Gasteiger partial charge in [-0.1, -0.05) is 24.3 Å². The molecule has 0 aromatic heterocycles. The van der Waals surface area contributed by atoms with Crippen LogP contribution in [0.5, 0.6) is 11.5 Å². The van der Waals surface area contributed by atoms with Gasteiger partial charge >= 0.3 is 5.69 Å². The van der Waals surface area contributed by atoms with Crippen LogP contribution in [0.15, 0.2) is 48.5 Å². The molecule has 5 nitrogen and oxygen atoms in total. The molecule has 0 aliphatic carbocycles. The van der Waals surface area contributed by atoms with E-state index in [0.29, 0.717) is 25.4 Å². The van der Waals surface area contributed by atoms with Gasteiger partial charge in [0.2, 0.25) is 0 Å². The summed E-state index contributed by atoms with van der Waals surface area (Å²) in [5, 5.41) is 10.9. The molecule has 5 heteroatoms. The summed E-state index contributed by atoms with van der Waals surface area (Å²) in [7, 11) is 0. The molecule has 0 spiro atoms. The molecular formula is C16H17NO4. The van der Waals surface area contributed by atoms with E-state index in [1.54, 1.807) is 12.1 Å². The molecule has 0 saturated carbocycles. The van der Waals surface area contributed by atoms with E-state index in [2.05, 4.69) is 0 Å². The van der Waals surface area contributed by atoms with Crippen LogP contribution in [0.4, 0.5) is 5.69 Å². The highest BCUT2D eigenvalue weighted by Gasteiger charge is 2.14. The van der Waals surface area contributed by atoms with Gasteiger partial charge in [0.15, 0.2) is 5.75 Å². The van der Waals surface area contributed by atoms with Crippen molar-refractivity contribution in [3.05, 3.63) is 64.2 Å². The quantitative estimate of drug-likeness (QED) is 0.442. The molecule has 0 saturated heterocycles. The van der Waals surface area contributed by atoms with Crippen LogP contribution in [-0.4, -0.2) is 18.1 Å². The van der Waals surface area contributed by atoms with Crippen molar-refractivity contribution in [1.82, 2.24) is 0 Å². The van der Waals surface area contributed by atoms with Crippen LogP contribution >= 0.6 is 0 Å². The van der Waals surface area contributed by atoms with E-state index in [9.17, 15) is 10.1 Å². The van der Waals surface area contributed by atoms with Crippen LogP contribution in [0.3, 0.4) is 0 Å². The van der Waals surface area contributed by atoms with Crippen LogP contribution in [-0.2, 0) is 0 Å². The number of ether oxygens (including phenoxy) is 2. The molecule has 0 aliphatic rings. The zero-order valence-corrected chi connectivity index (χ0v) is 11.8. The molecule has 2 aromatic carbocycles. The number of hydrogen-bond acceptors (Lipinski definition) is 4. The molecule has 110 valence electrons. The highest BCUT2D eigenvalue weighted by Crippen LogP contribution is 2.27. The molecule has 2 aromatic rings. The smallest absolute Gasteiger partial charge is 0.310 e. The third kappa shape index (κ3) is 4.49. The Morgan fingerprint density at radius 2 is 1.76 bits per heavy atom. The van der Waals surface area contributed by atoms with E-state index in [1.807, 2.05) is 37.3 Å². The van der Waals surface area contributed by atoms with Crippen LogP contribution in [0.2, 0.25) is 0 Å². The molecule has 0 aliphatic heterocycles. The maximum absolute atomic E-state index is 10.9. The van der Waals surface area contributed by atoms with Crippen molar-refractivity contribution in [1.29, 1.82) is 0 Å². The summed E-state index contributed by atoms with van der Waals surface area (Å²) < 4.78 is 11.0. The van der Waals surface area contributed by atoms with E-state index in [0.717, 1.165) is 11.3 Å². The fraction of sp³-hybridized carbons (Fsp3) is 0.250. The minimum absolute atomic E-state index is 0.00965. The Balaban J connectivity index is 1.81. The number of benzene rings is 2. The minimum atomic E-state index is -0.435. The maximum Gasteiger partial charge on any atom is 0.310 e. The standard InChI is InChI=1S/C16H17NO4/c1-13-8-9-15(17(18)19)16(12-13)21-11-5-10-20-14-6-3-2-4-7-14/h2-4,6-9,12H,5,10-11H2,1H3. The lowest BCUT2D eigenvalue weighted by Crippen LogP contribution is -2.06. The summed E-state index contributed by atoms with van der Waals surface area (Å²) in [6, 6.07) is 14.3. The lowest BCUT2D eigenvalue weighted by Gasteiger charge is -2.08.